The zero-order valence-electron chi connectivity index (χ0n) is 12.2. The number of carbonyl (C=O) groups is 2. The Hall–Kier alpha value is -2.73. The van der Waals surface area contributed by atoms with Crippen LogP contribution in [0.2, 0.25) is 0 Å². The molecule has 0 unspecified atom stereocenters. The predicted octanol–water partition coefficient (Wildman–Crippen LogP) is 1.10. The van der Waals surface area contributed by atoms with Gasteiger partial charge in [-0.25, -0.2) is 5.48 Å². The predicted molar refractivity (Wildman–Crippen MR) is 80.8 cm³/mol. The molecule has 114 valence electrons. The van der Waals surface area contributed by atoms with E-state index in [4.69, 9.17) is 0 Å². The van der Waals surface area contributed by atoms with Crippen molar-refractivity contribution in [2.75, 3.05) is 7.11 Å². The van der Waals surface area contributed by atoms with Gasteiger partial charge >= 0.3 is 0 Å². The summed E-state index contributed by atoms with van der Waals surface area (Å²) in [4.78, 5) is 32.8. The first-order chi connectivity index (χ1) is 10.7. The SMILES string of the molecule is CONC(=O)[C@H](Cc1ccccc1)NC(=O)c1cccnc1. The van der Waals surface area contributed by atoms with Crippen LogP contribution in [0, 0.1) is 0 Å². The summed E-state index contributed by atoms with van der Waals surface area (Å²) in [5.74, 6) is -0.774. The molecule has 2 amide bonds. The van der Waals surface area contributed by atoms with Gasteiger partial charge in [-0.05, 0) is 17.7 Å². The molecular weight excluding hydrogens is 282 g/mol. The van der Waals surface area contributed by atoms with Gasteiger partial charge in [0.25, 0.3) is 11.8 Å². The van der Waals surface area contributed by atoms with Crippen molar-refractivity contribution in [3.05, 3.63) is 66.0 Å². The highest BCUT2D eigenvalue weighted by molar-refractivity contribution is 5.97. The molecule has 1 heterocycles. The maximum atomic E-state index is 12.2. The third-order valence-electron chi connectivity index (χ3n) is 3.03. The molecule has 6 nitrogen and oxygen atoms in total. The van der Waals surface area contributed by atoms with Gasteiger partial charge in [0.2, 0.25) is 0 Å². The molecule has 1 aromatic heterocycles. The standard InChI is InChI=1S/C16H17N3O3/c1-22-19-16(21)14(10-12-6-3-2-4-7-12)18-15(20)13-8-5-9-17-11-13/h2-9,11,14H,10H2,1H3,(H,18,20)(H,19,21)/t14-/m0/s1. The third-order valence-corrected chi connectivity index (χ3v) is 3.03. The number of aromatic nitrogens is 1. The lowest BCUT2D eigenvalue weighted by Gasteiger charge is -2.17. The van der Waals surface area contributed by atoms with E-state index in [-0.39, 0.29) is 5.91 Å². The molecule has 0 spiro atoms. The van der Waals surface area contributed by atoms with Crippen LogP contribution in [-0.4, -0.2) is 29.9 Å². The number of hydrogen-bond donors (Lipinski definition) is 2. The highest BCUT2D eigenvalue weighted by Crippen LogP contribution is 2.05. The number of hydrogen-bond acceptors (Lipinski definition) is 4. The second kappa shape index (κ2) is 7.90. The topological polar surface area (TPSA) is 80.3 Å². The molecule has 0 radical (unpaired) electrons. The lowest BCUT2D eigenvalue weighted by molar-refractivity contribution is -0.133. The van der Waals surface area contributed by atoms with Gasteiger partial charge in [-0.15, -0.1) is 0 Å². The maximum absolute atomic E-state index is 12.2. The van der Waals surface area contributed by atoms with E-state index in [9.17, 15) is 9.59 Å². The smallest absolute Gasteiger partial charge is 0.266 e. The average molecular weight is 299 g/mol. The third kappa shape index (κ3) is 4.39. The number of nitrogens with one attached hydrogen (secondary N) is 2. The van der Waals surface area contributed by atoms with Crippen LogP contribution in [0.3, 0.4) is 0 Å². The molecular formula is C16H17N3O3. The number of hydroxylamine groups is 1. The molecule has 0 aliphatic rings. The fraction of sp³-hybridized carbons (Fsp3) is 0.188. The molecule has 2 rings (SSSR count). The summed E-state index contributed by atoms with van der Waals surface area (Å²) in [6.45, 7) is 0. The van der Waals surface area contributed by atoms with Crippen LogP contribution in [0.5, 0.6) is 0 Å². The second-order valence-electron chi connectivity index (χ2n) is 4.63. The van der Waals surface area contributed by atoms with Crippen molar-refractivity contribution in [3.8, 4) is 0 Å². The van der Waals surface area contributed by atoms with Gasteiger partial charge < -0.3 is 5.32 Å². The quantitative estimate of drug-likeness (QED) is 0.783. The first-order valence-electron chi connectivity index (χ1n) is 6.78. The van der Waals surface area contributed by atoms with Crippen LogP contribution in [0.15, 0.2) is 54.9 Å². The average Bonchev–Trinajstić information content (AvgIpc) is 2.56. The number of amides is 2. The lowest BCUT2D eigenvalue weighted by Crippen LogP contribution is -2.47. The summed E-state index contributed by atoms with van der Waals surface area (Å²) in [6.07, 6.45) is 3.39. The molecule has 1 aromatic carbocycles. The molecule has 22 heavy (non-hydrogen) atoms. The Kier molecular flexibility index (Phi) is 5.62. The van der Waals surface area contributed by atoms with Crippen LogP contribution in [-0.2, 0) is 16.1 Å². The van der Waals surface area contributed by atoms with Gasteiger partial charge in [0.15, 0.2) is 0 Å². The van der Waals surface area contributed by atoms with Crippen molar-refractivity contribution in [2.45, 2.75) is 12.5 Å². The molecule has 0 aliphatic carbocycles. The molecule has 0 aliphatic heterocycles. The monoisotopic (exact) mass is 299 g/mol. The number of benzene rings is 1. The van der Waals surface area contributed by atoms with Gasteiger partial charge in [-0.3, -0.25) is 19.4 Å². The summed E-state index contributed by atoms with van der Waals surface area (Å²) < 4.78 is 0. The lowest BCUT2D eigenvalue weighted by atomic mass is 10.1. The summed E-state index contributed by atoms with van der Waals surface area (Å²) in [6, 6.07) is 12.0. The zero-order valence-corrected chi connectivity index (χ0v) is 12.2. The largest absolute Gasteiger partial charge is 0.340 e. The zero-order chi connectivity index (χ0) is 15.8. The van der Waals surface area contributed by atoms with Crippen LogP contribution in [0.25, 0.3) is 0 Å². The Morgan fingerprint density at radius 1 is 1.18 bits per heavy atom. The molecule has 6 heteroatoms. The summed E-state index contributed by atoms with van der Waals surface area (Å²) in [5, 5.41) is 2.70. The number of pyridine rings is 1. The minimum absolute atomic E-state index is 0.361. The second-order valence-corrected chi connectivity index (χ2v) is 4.63. The number of nitrogens with zero attached hydrogens (tertiary/aromatic N) is 1. The molecule has 2 N–H and O–H groups in total. The van der Waals surface area contributed by atoms with Gasteiger partial charge in [0.05, 0.1) is 12.7 Å². The van der Waals surface area contributed by atoms with E-state index in [0.29, 0.717) is 12.0 Å². The fourth-order valence-electron chi connectivity index (χ4n) is 1.97. The number of carbonyl (C=O) groups excluding carboxylic acids is 2. The first-order valence-corrected chi connectivity index (χ1v) is 6.78. The van der Waals surface area contributed by atoms with E-state index < -0.39 is 11.9 Å². The van der Waals surface area contributed by atoms with E-state index in [1.807, 2.05) is 30.3 Å². The van der Waals surface area contributed by atoms with Crippen LogP contribution in [0.4, 0.5) is 0 Å². The Balaban J connectivity index is 2.11. The van der Waals surface area contributed by atoms with Crippen molar-refractivity contribution < 1.29 is 14.4 Å². The van der Waals surface area contributed by atoms with Crippen molar-refractivity contribution in [1.29, 1.82) is 0 Å². The molecule has 0 bridgehead atoms. The van der Waals surface area contributed by atoms with E-state index in [0.717, 1.165) is 5.56 Å². The van der Waals surface area contributed by atoms with Gasteiger partial charge in [0.1, 0.15) is 6.04 Å². The molecule has 0 fully saturated rings. The number of rotatable bonds is 6. The maximum Gasteiger partial charge on any atom is 0.266 e. The van der Waals surface area contributed by atoms with Gasteiger partial charge in [0, 0.05) is 18.8 Å². The summed E-state index contributed by atoms with van der Waals surface area (Å²) in [7, 11) is 1.35. The normalized spacial score (nSPS) is 11.5. The van der Waals surface area contributed by atoms with E-state index >= 15 is 0 Å². The van der Waals surface area contributed by atoms with Crippen LogP contribution in [0.1, 0.15) is 15.9 Å². The summed E-state index contributed by atoms with van der Waals surface area (Å²) in [5.41, 5.74) is 3.58. The Bertz CT molecular complexity index is 617. The van der Waals surface area contributed by atoms with Crippen LogP contribution < -0.4 is 10.8 Å². The van der Waals surface area contributed by atoms with Crippen LogP contribution >= 0.6 is 0 Å². The highest BCUT2D eigenvalue weighted by atomic mass is 16.6. The van der Waals surface area contributed by atoms with Gasteiger partial charge in [-0.1, -0.05) is 30.3 Å². The Morgan fingerprint density at radius 2 is 1.95 bits per heavy atom. The minimum Gasteiger partial charge on any atom is -0.340 e. The highest BCUT2D eigenvalue weighted by Gasteiger charge is 2.22. The van der Waals surface area contributed by atoms with E-state index in [2.05, 4.69) is 20.6 Å². The van der Waals surface area contributed by atoms with Crippen molar-refractivity contribution in [2.24, 2.45) is 0 Å². The Labute approximate surface area is 128 Å². The van der Waals surface area contributed by atoms with Crippen molar-refractivity contribution >= 4 is 11.8 Å². The Morgan fingerprint density at radius 3 is 2.59 bits per heavy atom. The van der Waals surface area contributed by atoms with Gasteiger partial charge in [-0.2, -0.15) is 0 Å². The molecule has 2 aromatic rings. The van der Waals surface area contributed by atoms with Crippen molar-refractivity contribution in [3.63, 3.8) is 0 Å². The van der Waals surface area contributed by atoms with E-state index in [1.54, 1.807) is 18.3 Å². The molecule has 0 saturated carbocycles. The first kappa shape index (κ1) is 15.7. The van der Waals surface area contributed by atoms with Crippen molar-refractivity contribution in [1.82, 2.24) is 15.8 Å². The molecule has 0 saturated heterocycles. The fourth-order valence-corrected chi connectivity index (χ4v) is 1.97. The summed E-state index contributed by atoms with van der Waals surface area (Å²) >= 11 is 0. The van der Waals surface area contributed by atoms with E-state index in [1.165, 1.54) is 13.3 Å². The molecule has 1 atom stereocenters. The minimum atomic E-state index is -0.741.